The Morgan fingerprint density at radius 1 is 1.25 bits per heavy atom. The van der Waals surface area contributed by atoms with Crippen molar-refractivity contribution in [3.8, 4) is 0 Å². The van der Waals surface area contributed by atoms with Crippen LogP contribution in [0.4, 0.5) is 8.78 Å². The number of aliphatic carboxylic acids is 1. The molecule has 1 saturated carbocycles. The first-order valence-electron chi connectivity index (χ1n) is 6.48. The summed E-state index contributed by atoms with van der Waals surface area (Å²) in [6.07, 6.45) is 1.58. The topological polar surface area (TPSA) is 57.6 Å². The average Bonchev–Trinajstić information content (AvgIpc) is 3.16. The van der Waals surface area contributed by atoms with E-state index in [1.807, 2.05) is 0 Å². The number of rotatable bonds is 3. The van der Waals surface area contributed by atoms with Gasteiger partial charge in [-0.05, 0) is 30.5 Å². The first-order valence-corrected chi connectivity index (χ1v) is 6.48. The fourth-order valence-electron chi connectivity index (χ4n) is 2.85. The van der Waals surface area contributed by atoms with Gasteiger partial charge in [0.25, 0.3) is 0 Å². The Balaban J connectivity index is 2.02. The third-order valence-corrected chi connectivity index (χ3v) is 3.91. The van der Waals surface area contributed by atoms with E-state index >= 15 is 0 Å². The second-order valence-corrected chi connectivity index (χ2v) is 5.30. The first-order chi connectivity index (χ1) is 9.49. The first kappa shape index (κ1) is 13.0. The summed E-state index contributed by atoms with van der Waals surface area (Å²) in [5.41, 5.74) is 0.342. The van der Waals surface area contributed by atoms with Crippen molar-refractivity contribution in [1.82, 2.24) is 4.90 Å². The number of hydrogen-bond acceptors (Lipinski definition) is 2. The maximum Gasteiger partial charge on any atom is 0.309 e. The number of carboxylic acids is 1. The van der Waals surface area contributed by atoms with Crippen LogP contribution < -0.4 is 0 Å². The van der Waals surface area contributed by atoms with Gasteiger partial charge in [-0.25, -0.2) is 8.78 Å². The van der Waals surface area contributed by atoms with Gasteiger partial charge in [0.05, 0.1) is 12.0 Å². The molecule has 3 rings (SSSR count). The molecule has 20 heavy (non-hydrogen) atoms. The summed E-state index contributed by atoms with van der Waals surface area (Å²) in [4.78, 5) is 24.9. The van der Waals surface area contributed by atoms with E-state index in [4.69, 9.17) is 0 Å². The Kier molecular flexibility index (Phi) is 2.96. The van der Waals surface area contributed by atoms with Crippen molar-refractivity contribution in [2.75, 3.05) is 0 Å². The van der Waals surface area contributed by atoms with Gasteiger partial charge in [0, 0.05) is 12.5 Å². The molecule has 1 aliphatic heterocycles. The maximum absolute atomic E-state index is 13.4. The van der Waals surface area contributed by atoms with Crippen LogP contribution in [0.2, 0.25) is 0 Å². The molecule has 6 heteroatoms. The molecule has 1 aromatic carbocycles. The highest BCUT2D eigenvalue weighted by atomic mass is 19.2. The van der Waals surface area contributed by atoms with Crippen molar-refractivity contribution in [3.05, 3.63) is 35.4 Å². The molecule has 0 bridgehead atoms. The Labute approximate surface area is 114 Å². The molecule has 1 N–H and O–H groups in total. The van der Waals surface area contributed by atoms with Gasteiger partial charge in [-0.3, -0.25) is 9.59 Å². The van der Waals surface area contributed by atoms with Gasteiger partial charge < -0.3 is 10.0 Å². The van der Waals surface area contributed by atoms with Crippen molar-refractivity contribution in [2.24, 2.45) is 5.92 Å². The van der Waals surface area contributed by atoms with Crippen molar-refractivity contribution in [1.29, 1.82) is 0 Å². The third kappa shape index (κ3) is 2.05. The molecule has 1 amide bonds. The standard InChI is InChI=1S/C14H13F2NO3/c15-10-4-1-7(5-11(10)16)13-9(14(19)20)6-12(18)17(13)8-2-3-8/h1,4-5,8-9,13H,2-3,6H2,(H,19,20). The lowest BCUT2D eigenvalue weighted by Gasteiger charge is -2.27. The monoisotopic (exact) mass is 281 g/mol. The number of carbonyl (C=O) groups excluding carboxylic acids is 1. The molecule has 4 nitrogen and oxygen atoms in total. The molecule has 1 aromatic rings. The van der Waals surface area contributed by atoms with Crippen LogP contribution in [-0.4, -0.2) is 27.9 Å². The lowest BCUT2D eigenvalue weighted by Crippen LogP contribution is -2.32. The zero-order valence-corrected chi connectivity index (χ0v) is 10.6. The summed E-state index contributed by atoms with van der Waals surface area (Å²) >= 11 is 0. The van der Waals surface area contributed by atoms with Gasteiger partial charge in [0.15, 0.2) is 11.6 Å². The molecule has 1 heterocycles. The molecular formula is C14H13F2NO3. The van der Waals surface area contributed by atoms with Crippen LogP contribution in [0, 0.1) is 17.6 Å². The summed E-state index contributed by atoms with van der Waals surface area (Å²) in [5, 5.41) is 9.26. The molecule has 2 atom stereocenters. The number of benzene rings is 1. The number of carboxylic acid groups (broad SMARTS) is 1. The predicted molar refractivity (Wildman–Crippen MR) is 64.7 cm³/mol. The average molecular weight is 281 g/mol. The maximum atomic E-state index is 13.4. The van der Waals surface area contributed by atoms with Gasteiger partial charge in [-0.15, -0.1) is 0 Å². The fraction of sp³-hybridized carbons (Fsp3) is 0.429. The smallest absolute Gasteiger partial charge is 0.309 e. The van der Waals surface area contributed by atoms with E-state index in [9.17, 15) is 23.5 Å². The number of amides is 1. The number of carbonyl (C=O) groups is 2. The van der Waals surface area contributed by atoms with E-state index in [-0.39, 0.29) is 18.4 Å². The molecule has 0 spiro atoms. The number of nitrogens with zero attached hydrogens (tertiary/aromatic N) is 1. The van der Waals surface area contributed by atoms with Crippen molar-refractivity contribution >= 4 is 11.9 Å². The quantitative estimate of drug-likeness (QED) is 0.923. The van der Waals surface area contributed by atoms with Crippen molar-refractivity contribution in [3.63, 3.8) is 0 Å². The van der Waals surface area contributed by atoms with E-state index < -0.39 is 29.6 Å². The number of likely N-dealkylation sites (tertiary alicyclic amines) is 1. The minimum atomic E-state index is -1.09. The third-order valence-electron chi connectivity index (χ3n) is 3.91. The molecule has 106 valence electrons. The second kappa shape index (κ2) is 4.54. The van der Waals surface area contributed by atoms with Crippen LogP contribution in [0.5, 0.6) is 0 Å². The van der Waals surface area contributed by atoms with E-state index in [1.165, 1.54) is 11.0 Å². The Hall–Kier alpha value is -1.98. The summed E-state index contributed by atoms with van der Waals surface area (Å²) in [6, 6.07) is 2.64. The molecule has 0 radical (unpaired) electrons. The normalized spacial score (nSPS) is 26.1. The number of hydrogen-bond donors (Lipinski definition) is 1. The Morgan fingerprint density at radius 3 is 2.50 bits per heavy atom. The van der Waals surface area contributed by atoms with E-state index in [0.29, 0.717) is 5.56 Å². The second-order valence-electron chi connectivity index (χ2n) is 5.30. The lowest BCUT2D eigenvalue weighted by molar-refractivity contribution is -0.142. The molecule has 2 unspecified atom stereocenters. The van der Waals surface area contributed by atoms with Gasteiger partial charge in [0.1, 0.15) is 0 Å². The SMILES string of the molecule is O=C(O)C1CC(=O)N(C2CC2)C1c1ccc(F)c(F)c1. The molecule has 0 aromatic heterocycles. The van der Waals surface area contributed by atoms with Crippen LogP contribution in [0.25, 0.3) is 0 Å². The zero-order chi connectivity index (χ0) is 14.4. The van der Waals surface area contributed by atoms with Crippen LogP contribution in [0.3, 0.4) is 0 Å². The molecular weight excluding hydrogens is 268 g/mol. The Bertz CT molecular complexity index is 586. The molecule has 1 saturated heterocycles. The lowest BCUT2D eigenvalue weighted by atomic mass is 9.93. The van der Waals surface area contributed by atoms with E-state index in [0.717, 1.165) is 25.0 Å². The summed E-state index contributed by atoms with van der Waals surface area (Å²) in [7, 11) is 0. The van der Waals surface area contributed by atoms with Crippen LogP contribution in [0.1, 0.15) is 30.9 Å². The summed E-state index contributed by atoms with van der Waals surface area (Å²) in [6.45, 7) is 0. The van der Waals surface area contributed by atoms with E-state index in [2.05, 4.69) is 0 Å². The Morgan fingerprint density at radius 2 is 1.95 bits per heavy atom. The van der Waals surface area contributed by atoms with Crippen molar-refractivity contribution < 1.29 is 23.5 Å². The minimum absolute atomic E-state index is 0.0324. The summed E-state index contributed by atoms with van der Waals surface area (Å²) in [5.74, 6) is -4.23. The largest absolute Gasteiger partial charge is 0.481 e. The number of halogens is 2. The highest BCUT2D eigenvalue weighted by Crippen LogP contribution is 2.45. The predicted octanol–water partition coefficient (Wildman–Crippen LogP) is 2.10. The van der Waals surface area contributed by atoms with Crippen molar-refractivity contribution in [2.45, 2.75) is 31.3 Å². The van der Waals surface area contributed by atoms with Crippen LogP contribution in [0.15, 0.2) is 18.2 Å². The molecule has 1 aliphatic carbocycles. The van der Waals surface area contributed by atoms with Gasteiger partial charge in [-0.1, -0.05) is 6.07 Å². The minimum Gasteiger partial charge on any atom is -0.481 e. The molecule has 2 fully saturated rings. The van der Waals surface area contributed by atoms with Gasteiger partial charge in [0.2, 0.25) is 5.91 Å². The van der Waals surface area contributed by atoms with Gasteiger partial charge >= 0.3 is 5.97 Å². The summed E-state index contributed by atoms with van der Waals surface area (Å²) < 4.78 is 26.4. The van der Waals surface area contributed by atoms with Crippen LogP contribution in [-0.2, 0) is 9.59 Å². The van der Waals surface area contributed by atoms with Gasteiger partial charge in [-0.2, -0.15) is 0 Å². The van der Waals surface area contributed by atoms with E-state index in [1.54, 1.807) is 0 Å². The van der Waals surface area contributed by atoms with Crippen LogP contribution >= 0.6 is 0 Å². The highest BCUT2D eigenvalue weighted by molar-refractivity contribution is 5.87. The molecule has 2 aliphatic rings. The zero-order valence-electron chi connectivity index (χ0n) is 10.6. The fourth-order valence-corrected chi connectivity index (χ4v) is 2.85. The highest BCUT2D eigenvalue weighted by Gasteiger charge is 2.50.